The fourth-order valence-electron chi connectivity index (χ4n) is 2.40. The Hall–Kier alpha value is -2.44. The molecule has 0 radical (unpaired) electrons. The van der Waals surface area contributed by atoms with Crippen LogP contribution in [0.5, 0.6) is 5.75 Å². The molecule has 0 unspecified atom stereocenters. The number of ether oxygens (including phenoxy) is 1. The molecule has 0 saturated heterocycles. The Kier molecular flexibility index (Phi) is 4.78. The van der Waals surface area contributed by atoms with Crippen molar-refractivity contribution in [3.8, 4) is 5.75 Å². The molecule has 0 bridgehead atoms. The molecule has 24 heavy (non-hydrogen) atoms. The van der Waals surface area contributed by atoms with Crippen LogP contribution in [-0.2, 0) is 16.4 Å². The third-order valence-electron chi connectivity index (χ3n) is 3.70. The van der Waals surface area contributed by atoms with E-state index in [-0.39, 0.29) is 4.90 Å². The molecular weight excluding hydrogens is 324 g/mol. The molecule has 0 amide bonds. The fraction of sp³-hybridized carbons (Fsp3) is 0.167. The number of hydrogen-bond donors (Lipinski definition) is 1. The van der Waals surface area contributed by atoms with E-state index in [1.54, 1.807) is 12.1 Å². The normalized spacial score (nSPS) is 11.5. The number of nitrogens with one attached hydrogen (secondary N) is 1. The minimum absolute atomic E-state index is 0.217. The van der Waals surface area contributed by atoms with Crippen LogP contribution in [0.2, 0.25) is 0 Å². The van der Waals surface area contributed by atoms with Crippen LogP contribution in [0.4, 0.5) is 0 Å². The molecule has 1 heterocycles. The van der Waals surface area contributed by atoms with Crippen LogP contribution >= 0.6 is 0 Å². The third-order valence-corrected chi connectivity index (χ3v) is 5.18. The van der Waals surface area contributed by atoms with Gasteiger partial charge in [0.1, 0.15) is 5.75 Å². The number of aromatic nitrogens is 1. The largest absolute Gasteiger partial charge is 0.497 e. The second kappa shape index (κ2) is 6.98. The highest BCUT2D eigenvalue weighted by Gasteiger charge is 2.13. The van der Waals surface area contributed by atoms with Crippen LogP contribution in [0.15, 0.2) is 65.6 Å². The average molecular weight is 342 g/mol. The van der Waals surface area contributed by atoms with E-state index in [0.29, 0.717) is 18.7 Å². The molecule has 0 aliphatic carbocycles. The summed E-state index contributed by atoms with van der Waals surface area (Å²) in [5.41, 5.74) is 1.76. The zero-order valence-electron chi connectivity index (χ0n) is 13.3. The van der Waals surface area contributed by atoms with Crippen LogP contribution in [-0.4, -0.2) is 27.1 Å². The number of hydrogen-bond acceptors (Lipinski definition) is 4. The molecule has 124 valence electrons. The van der Waals surface area contributed by atoms with Crippen molar-refractivity contribution in [1.29, 1.82) is 0 Å². The molecule has 6 heteroatoms. The lowest BCUT2D eigenvalue weighted by molar-refractivity contribution is 0.414. The molecule has 0 aliphatic heterocycles. The van der Waals surface area contributed by atoms with E-state index < -0.39 is 10.0 Å². The summed E-state index contributed by atoms with van der Waals surface area (Å²) in [4.78, 5) is 4.76. The highest BCUT2D eigenvalue weighted by atomic mass is 32.2. The third kappa shape index (κ3) is 3.72. The summed E-state index contributed by atoms with van der Waals surface area (Å²) in [5, 5.41) is 1.07. The molecule has 0 atom stereocenters. The Balaban J connectivity index is 1.65. The molecule has 0 aliphatic rings. The predicted molar refractivity (Wildman–Crippen MR) is 93.6 cm³/mol. The van der Waals surface area contributed by atoms with E-state index in [1.807, 2.05) is 36.4 Å². The number of fused-ring (bicyclic) bond motifs is 1. The van der Waals surface area contributed by atoms with Gasteiger partial charge in [-0.05, 0) is 36.4 Å². The highest BCUT2D eigenvalue weighted by molar-refractivity contribution is 7.89. The van der Waals surface area contributed by atoms with Crippen LogP contribution in [0.3, 0.4) is 0 Å². The van der Waals surface area contributed by atoms with Gasteiger partial charge in [-0.1, -0.05) is 24.3 Å². The first kappa shape index (κ1) is 16.4. The quantitative estimate of drug-likeness (QED) is 0.748. The van der Waals surface area contributed by atoms with Gasteiger partial charge in [-0.3, -0.25) is 4.98 Å². The predicted octanol–water partition coefficient (Wildman–Crippen LogP) is 2.76. The van der Waals surface area contributed by atoms with E-state index in [1.165, 1.54) is 19.2 Å². The Morgan fingerprint density at radius 3 is 2.50 bits per heavy atom. The Bertz CT molecular complexity index is 938. The minimum Gasteiger partial charge on any atom is -0.497 e. The maximum atomic E-state index is 12.3. The van der Waals surface area contributed by atoms with E-state index in [9.17, 15) is 8.42 Å². The molecule has 2 aromatic carbocycles. The summed E-state index contributed by atoms with van der Waals surface area (Å²) in [7, 11) is -1.99. The van der Waals surface area contributed by atoms with Gasteiger partial charge >= 0.3 is 0 Å². The molecule has 0 saturated carbocycles. The summed E-state index contributed by atoms with van der Waals surface area (Å²) < 4.78 is 32.2. The smallest absolute Gasteiger partial charge is 0.240 e. The van der Waals surface area contributed by atoms with Crippen molar-refractivity contribution < 1.29 is 13.2 Å². The molecule has 0 fully saturated rings. The maximum Gasteiger partial charge on any atom is 0.240 e. The molecule has 3 aromatic rings. The van der Waals surface area contributed by atoms with E-state index in [2.05, 4.69) is 9.71 Å². The van der Waals surface area contributed by atoms with Crippen molar-refractivity contribution in [2.45, 2.75) is 11.3 Å². The topological polar surface area (TPSA) is 68.3 Å². The van der Waals surface area contributed by atoms with Crippen molar-refractivity contribution in [3.63, 3.8) is 0 Å². The second-order valence-electron chi connectivity index (χ2n) is 5.32. The van der Waals surface area contributed by atoms with Crippen LogP contribution in [0, 0.1) is 0 Å². The van der Waals surface area contributed by atoms with Gasteiger partial charge in [0.25, 0.3) is 0 Å². The molecule has 1 N–H and O–H groups in total. The first-order chi connectivity index (χ1) is 11.6. The van der Waals surface area contributed by atoms with E-state index in [4.69, 9.17) is 4.74 Å². The van der Waals surface area contributed by atoms with Gasteiger partial charge in [0.05, 0.1) is 17.5 Å². The zero-order valence-corrected chi connectivity index (χ0v) is 14.1. The van der Waals surface area contributed by atoms with Gasteiger partial charge < -0.3 is 4.74 Å². The highest BCUT2D eigenvalue weighted by Crippen LogP contribution is 2.15. The first-order valence-electron chi connectivity index (χ1n) is 7.57. The van der Waals surface area contributed by atoms with Crippen molar-refractivity contribution in [3.05, 3.63) is 66.4 Å². The lowest BCUT2D eigenvalue weighted by Crippen LogP contribution is -2.26. The number of rotatable bonds is 6. The van der Waals surface area contributed by atoms with Crippen LogP contribution in [0.1, 0.15) is 5.69 Å². The fourth-order valence-corrected chi connectivity index (χ4v) is 3.43. The van der Waals surface area contributed by atoms with Crippen molar-refractivity contribution in [1.82, 2.24) is 9.71 Å². The number of sulfonamides is 1. The second-order valence-corrected chi connectivity index (χ2v) is 7.09. The SMILES string of the molecule is COc1ccc(S(=O)(=O)NCCc2ccc3ccccc3n2)cc1. The summed E-state index contributed by atoms with van der Waals surface area (Å²) in [6, 6.07) is 18.1. The number of methoxy groups -OCH3 is 1. The van der Waals surface area contributed by atoms with Crippen molar-refractivity contribution in [2.24, 2.45) is 0 Å². The molecule has 3 rings (SSSR count). The monoisotopic (exact) mass is 342 g/mol. The molecular formula is C18H18N2O3S. The number of benzene rings is 2. The van der Waals surface area contributed by atoms with Gasteiger partial charge in [0.15, 0.2) is 0 Å². The molecule has 5 nitrogen and oxygen atoms in total. The standard InChI is InChI=1S/C18H18N2O3S/c1-23-16-8-10-17(11-9-16)24(21,22)19-13-12-15-7-6-14-4-2-3-5-18(14)20-15/h2-11,19H,12-13H2,1H3. The summed E-state index contributed by atoms with van der Waals surface area (Å²) >= 11 is 0. The lowest BCUT2D eigenvalue weighted by Gasteiger charge is -2.08. The van der Waals surface area contributed by atoms with Crippen LogP contribution < -0.4 is 9.46 Å². The van der Waals surface area contributed by atoms with E-state index >= 15 is 0 Å². The van der Waals surface area contributed by atoms with Crippen molar-refractivity contribution >= 4 is 20.9 Å². The molecule has 0 spiro atoms. The molecule has 1 aromatic heterocycles. The lowest BCUT2D eigenvalue weighted by atomic mass is 10.2. The van der Waals surface area contributed by atoms with Gasteiger partial charge in [0, 0.05) is 24.0 Å². The first-order valence-corrected chi connectivity index (χ1v) is 9.05. The Morgan fingerprint density at radius 2 is 1.75 bits per heavy atom. The Labute approximate surface area is 141 Å². The zero-order chi connectivity index (χ0) is 17.0. The summed E-state index contributed by atoms with van der Waals surface area (Å²) in [5.74, 6) is 0.620. The van der Waals surface area contributed by atoms with Gasteiger partial charge in [-0.15, -0.1) is 0 Å². The van der Waals surface area contributed by atoms with Crippen LogP contribution in [0.25, 0.3) is 10.9 Å². The number of para-hydroxylation sites is 1. The van der Waals surface area contributed by atoms with Gasteiger partial charge in [-0.2, -0.15) is 0 Å². The van der Waals surface area contributed by atoms with Crippen molar-refractivity contribution in [2.75, 3.05) is 13.7 Å². The summed E-state index contributed by atoms with van der Waals surface area (Å²) in [6.45, 7) is 0.291. The average Bonchev–Trinajstić information content (AvgIpc) is 2.61. The number of nitrogens with zero attached hydrogens (tertiary/aromatic N) is 1. The maximum absolute atomic E-state index is 12.3. The van der Waals surface area contributed by atoms with Gasteiger partial charge in [-0.25, -0.2) is 13.1 Å². The minimum atomic E-state index is -3.53. The summed E-state index contributed by atoms with van der Waals surface area (Å²) in [6.07, 6.45) is 0.528. The van der Waals surface area contributed by atoms with E-state index in [0.717, 1.165) is 16.6 Å². The number of pyridine rings is 1. The van der Waals surface area contributed by atoms with Gasteiger partial charge in [0.2, 0.25) is 10.0 Å². The Morgan fingerprint density at radius 1 is 1.00 bits per heavy atom.